The first kappa shape index (κ1) is 24.0. The zero-order valence-corrected chi connectivity index (χ0v) is 16.7. The minimum absolute atomic E-state index is 0.0869. The first-order chi connectivity index (χ1) is 13.1. The van der Waals surface area contributed by atoms with Gasteiger partial charge in [0.15, 0.2) is 0 Å². The van der Waals surface area contributed by atoms with Crippen LogP contribution < -0.4 is 11.4 Å². The summed E-state index contributed by atoms with van der Waals surface area (Å²) in [6.45, 7) is -0.935. The summed E-state index contributed by atoms with van der Waals surface area (Å²) < 4.78 is 45.9. The average molecular weight is 479 g/mol. The topological polar surface area (TPSA) is 261 Å². The molecule has 164 valence electrons. The largest absolute Gasteiger partial charge is 0.490 e. The molecule has 0 radical (unpaired) electrons. The van der Waals surface area contributed by atoms with Crippen molar-refractivity contribution in [1.82, 2.24) is 9.55 Å². The third-order valence-electron chi connectivity index (χ3n) is 3.42. The lowest BCUT2D eigenvalue weighted by atomic mass is 10.1. The number of phosphoric ester groups is 1. The van der Waals surface area contributed by atoms with Crippen LogP contribution in [0.5, 0.6) is 0 Å². The van der Waals surface area contributed by atoms with E-state index in [4.69, 9.17) is 20.4 Å². The van der Waals surface area contributed by atoms with Crippen LogP contribution in [0.4, 0.5) is 5.82 Å². The maximum Gasteiger partial charge on any atom is 0.490 e. The highest BCUT2D eigenvalue weighted by atomic mass is 31.3. The Hall–Kier alpha value is -1.25. The van der Waals surface area contributed by atoms with E-state index in [1.54, 1.807) is 0 Å². The van der Waals surface area contributed by atoms with Crippen LogP contribution in [0, 0.1) is 0 Å². The molecule has 1 aliphatic carbocycles. The molecule has 5 atom stereocenters. The van der Waals surface area contributed by atoms with Crippen LogP contribution in [-0.2, 0) is 26.8 Å². The summed E-state index contributed by atoms with van der Waals surface area (Å²) in [7, 11) is -16.7. The van der Waals surface area contributed by atoms with Crippen LogP contribution >= 0.6 is 23.5 Å². The Morgan fingerprint density at radius 1 is 1.10 bits per heavy atom. The molecular weight excluding hydrogens is 463 g/mol. The Bertz CT molecular complexity index is 1000. The predicted molar refractivity (Wildman–Crippen MR) is 91.9 cm³/mol. The summed E-state index contributed by atoms with van der Waals surface area (Å²) in [5, 5.41) is 20.1. The quantitative estimate of drug-likeness (QED) is 0.163. The molecule has 0 spiro atoms. The molecule has 1 aromatic rings. The molecule has 0 amide bonds. The van der Waals surface area contributed by atoms with E-state index in [1.807, 2.05) is 0 Å². The molecule has 0 fully saturated rings. The fourth-order valence-electron chi connectivity index (χ4n) is 2.31. The maximum absolute atomic E-state index is 11.9. The molecule has 0 saturated carbocycles. The van der Waals surface area contributed by atoms with Crippen molar-refractivity contribution < 1.29 is 56.6 Å². The molecule has 2 rings (SSSR count). The van der Waals surface area contributed by atoms with Crippen LogP contribution in [0.25, 0.3) is 0 Å². The zero-order valence-electron chi connectivity index (χ0n) is 14.0. The van der Waals surface area contributed by atoms with Gasteiger partial charge in [-0.25, -0.2) is 18.5 Å². The van der Waals surface area contributed by atoms with E-state index < -0.39 is 54.0 Å². The Morgan fingerprint density at radius 3 is 2.28 bits per heavy atom. The first-order valence-electron chi connectivity index (χ1n) is 7.30. The van der Waals surface area contributed by atoms with Gasteiger partial charge < -0.3 is 35.5 Å². The van der Waals surface area contributed by atoms with E-state index in [0.717, 1.165) is 10.6 Å². The normalized spacial score (nSPS) is 26.6. The molecule has 8 N–H and O–H groups in total. The molecule has 0 saturated heterocycles. The van der Waals surface area contributed by atoms with Crippen molar-refractivity contribution in [1.29, 1.82) is 0 Å². The van der Waals surface area contributed by atoms with Gasteiger partial charge in [-0.1, -0.05) is 6.08 Å². The molecule has 1 heterocycles. The number of nitrogen functional groups attached to an aromatic ring is 1. The maximum atomic E-state index is 11.9. The monoisotopic (exact) mass is 479 g/mol. The van der Waals surface area contributed by atoms with Gasteiger partial charge in [0.2, 0.25) is 0 Å². The highest BCUT2D eigenvalue weighted by Crippen LogP contribution is 2.66. The second kappa shape index (κ2) is 8.47. The van der Waals surface area contributed by atoms with Gasteiger partial charge in [-0.15, -0.1) is 0 Å². The fraction of sp³-hybridized carbons (Fsp3) is 0.400. The van der Waals surface area contributed by atoms with Gasteiger partial charge in [0, 0.05) is 6.20 Å². The minimum atomic E-state index is -5.69. The molecule has 0 aromatic carbocycles. The summed E-state index contributed by atoms with van der Waals surface area (Å²) in [6, 6.07) is 0.100. The lowest BCUT2D eigenvalue weighted by Gasteiger charge is -2.19. The number of anilines is 1. The van der Waals surface area contributed by atoms with Crippen molar-refractivity contribution >= 4 is 29.3 Å². The van der Waals surface area contributed by atoms with Gasteiger partial charge in [-0.3, -0.25) is 9.09 Å². The summed E-state index contributed by atoms with van der Waals surface area (Å²) in [5.74, 6) is -0.0869. The van der Waals surface area contributed by atoms with Gasteiger partial charge >= 0.3 is 29.2 Å². The standard InChI is InChI=1S/C10H16N3O13P3/c11-7-1-2-13(10(16)12-7)6-3-5(8(14)9(6)15)4-24-28(20,21)26-29(22,23)25-27(17,18)19/h1-3,6,8-9,14-15H,4H2,(H,20,21)(H,22,23)(H2,11,12,16)(H2,17,18,19)/t6-,8?,9-/m1/s1. The highest BCUT2D eigenvalue weighted by Gasteiger charge is 2.42. The molecular formula is C10H16N3O13P3. The molecule has 0 bridgehead atoms. The van der Waals surface area contributed by atoms with Crippen molar-refractivity contribution in [3.8, 4) is 0 Å². The summed E-state index contributed by atoms with van der Waals surface area (Å²) >= 11 is 0. The zero-order chi connectivity index (χ0) is 22.2. The van der Waals surface area contributed by atoms with Crippen LogP contribution in [0.3, 0.4) is 0 Å². The number of phosphoric acid groups is 3. The molecule has 1 aromatic heterocycles. The fourth-order valence-corrected chi connectivity index (χ4v) is 5.32. The van der Waals surface area contributed by atoms with Crippen LogP contribution in [-0.4, -0.2) is 58.2 Å². The van der Waals surface area contributed by atoms with E-state index >= 15 is 0 Å². The van der Waals surface area contributed by atoms with Gasteiger partial charge in [0.05, 0.1) is 12.6 Å². The highest BCUT2D eigenvalue weighted by molar-refractivity contribution is 7.66. The molecule has 16 nitrogen and oxygen atoms in total. The second-order valence-corrected chi connectivity index (χ2v) is 9.99. The van der Waals surface area contributed by atoms with Crippen LogP contribution in [0.15, 0.2) is 28.7 Å². The lowest BCUT2D eigenvalue weighted by Crippen LogP contribution is -2.35. The number of rotatable bonds is 8. The van der Waals surface area contributed by atoms with Crippen molar-refractivity contribution in [2.24, 2.45) is 0 Å². The minimum Gasteiger partial charge on any atom is -0.388 e. The van der Waals surface area contributed by atoms with E-state index in [2.05, 4.69) is 18.1 Å². The number of aliphatic hydroxyl groups excluding tert-OH is 2. The van der Waals surface area contributed by atoms with Gasteiger partial charge in [-0.05, 0) is 11.6 Å². The second-order valence-electron chi connectivity index (χ2n) is 5.57. The third kappa shape index (κ3) is 6.62. The Balaban J connectivity index is 2.12. The molecule has 29 heavy (non-hydrogen) atoms. The number of aliphatic hydroxyl groups is 2. The van der Waals surface area contributed by atoms with Crippen molar-refractivity contribution in [2.45, 2.75) is 18.2 Å². The molecule has 19 heteroatoms. The van der Waals surface area contributed by atoms with Crippen molar-refractivity contribution in [3.63, 3.8) is 0 Å². The third-order valence-corrected chi connectivity index (χ3v) is 7.20. The lowest BCUT2D eigenvalue weighted by molar-refractivity contribution is 0.0270. The van der Waals surface area contributed by atoms with Crippen LogP contribution in [0.1, 0.15) is 6.04 Å². The molecule has 0 aliphatic heterocycles. The summed E-state index contributed by atoms with van der Waals surface area (Å²) in [5.41, 5.74) is 4.28. The van der Waals surface area contributed by atoms with Crippen molar-refractivity contribution in [2.75, 3.05) is 12.3 Å². The Morgan fingerprint density at radius 2 is 1.72 bits per heavy atom. The van der Waals surface area contributed by atoms with E-state index in [0.29, 0.717) is 0 Å². The Kier molecular flexibility index (Phi) is 7.02. The number of hydrogen-bond acceptors (Lipinski definition) is 11. The van der Waals surface area contributed by atoms with E-state index in [9.17, 15) is 33.6 Å². The average Bonchev–Trinajstić information content (AvgIpc) is 2.78. The van der Waals surface area contributed by atoms with Crippen LogP contribution in [0.2, 0.25) is 0 Å². The predicted octanol–water partition coefficient (Wildman–Crippen LogP) is -1.63. The van der Waals surface area contributed by atoms with Crippen molar-refractivity contribution in [3.05, 3.63) is 34.4 Å². The summed E-state index contributed by atoms with van der Waals surface area (Å²) in [4.78, 5) is 50.7. The van der Waals surface area contributed by atoms with Gasteiger partial charge in [-0.2, -0.15) is 13.6 Å². The number of aromatic nitrogens is 2. The SMILES string of the molecule is Nc1ccn([C@@H]2C=C(COP(=O)(O)OP(=O)(O)OP(=O)(O)O)C(O)[C@@H]2O)c(=O)n1. The number of hydrogen-bond donors (Lipinski definition) is 7. The number of nitrogens with two attached hydrogens (primary N) is 1. The molecule has 1 aliphatic rings. The summed E-state index contributed by atoms with van der Waals surface area (Å²) in [6.07, 6.45) is -0.957. The first-order valence-corrected chi connectivity index (χ1v) is 11.8. The molecule has 3 unspecified atom stereocenters. The van der Waals surface area contributed by atoms with E-state index in [1.165, 1.54) is 12.3 Å². The van der Waals surface area contributed by atoms with Gasteiger partial charge in [0.1, 0.15) is 18.0 Å². The van der Waals surface area contributed by atoms with E-state index in [-0.39, 0.29) is 11.4 Å². The Labute approximate surface area is 161 Å². The smallest absolute Gasteiger partial charge is 0.388 e. The van der Waals surface area contributed by atoms with Gasteiger partial charge in [0.25, 0.3) is 0 Å². The number of nitrogens with zero attached hydrogens (tertiary/aromatic N) is 2.